The number of fused-ring (bicyclic) bond motifs is 1. The Bertz CT molecular complexity index is 1720. The number of nitrogens with zero attached hydrogens (tertiary/aromatic N) is 3. The van der Waals surface area contributed by atoms with Crippen LogP contribution in [0, 0.1) is 0 Å². The molecular weight excluding hydrogens is 602 g/mol. The lowest BCUT2D eigenvalue weighted by atomic mass is 9.99. The number of hydrogen-bond donors (Lipinski definition) is 3. The van der Waals surface area contributed by atoms with Crippen molar-refractivity contribution in [2.24, 2.45) is 0 Å². The third-order valence-corrected chi connectivity index (χ3v) is 9.97. The number of aromatic nitrogens is 1. The predicted molar refractivity (Wildman–Crippen MR) is 182 cm³/mol. The lowest BCUT2D eigenvalue weighted by molar-refractivity contribution is 0.0432. The second-order valence-corrected chi connectivity index (χ2v) is 14.3. The highest BCUT2D eigenvalue weighted by Gasteiger charge is 2.21. The van der Waals surface area contributed by atoms with Crippen LogP contribution >= 0.6 is 0 Å². The highest BCUT2D eigenvalue weighted by Crippen LogP contribution is 2.23. The molecular formula is C35H45N5O5S. The molecule has 46 heavy (non-hydrogen) atoms. The molecule has 10 nitrogen and oxygen atoms in total. The van der Waals surface area contributed by atoms with Gasteiger partial charge in [-0.15, -0.1) is 0 Å². The van der Waals surface area contributed by atoms with Crippen molar-refractivity contribution in [1.82, 2.24) is 19.7 Å². The summed E-state index contributed by atoms with van der Waals surface area (Å²) in [5, 5.41) is 15.4. The van der Waals surface area contributed by atoms with Gasteiger partial charge in [0.05, 0.1) is 16.6 Å². The normalized spacial score (nSPS) is 15.6. The summed E-state index contributed by atoms with van der Waals surface area (Å²) in [5.74, 6) is -0.299. The smallest absolute Gasteiger partial charge is 0.338 e. The molecule has 0 radical (unpaired) electrons. The average molecular weight is 648 g/mol. The molecule has 3 N–H and O–H groups in total. The number of carbonyl (C=O) groups excluding carboxylic acids is 1. The van der Waals surface area contributed by atoms with Crippen LogP contribution < -0.4 is 10.0 Å². The third-order valence-electron chi connectivity index (χ3n) is 8.57. The fourth-order valence-electron chi connectivity index (χ4n) is 5.55. The van der Waals surface area contributed by atoms with Crippen molar-refractivity contribution in [2.75, 3.05) is 57.6 Å². The fraction of sp³-hybridized carbons (Fsp3) is 0.400. The molecule has 4 aromatic rings. The van der Waals surface area contributed by atoms with Gasteiger partial charge in [0.15, 0.2) is 0 Å². The molecule has 1 aliphatic rings. The Kier molecular flexibility index (Phi) is 10.8. The van der Waals surface area contributed by atoms with E-state index in [1.54, 1.807) is 42.5 Å². The van der Waals surface area contributed by atoms with E-state index in [1.807, 2.05) is 30.5 Å². The molecule has 0 aliphatic carbocycles. The summed E-state index contributed by atoms with van der Waals surface area (Å²) < 4.78 is 35.8. The quantitative estimate of drug-likeness (QED) is 0.173. The van der Waals surface area contributed by atoms with E-state index in [0.717, 1.165) is 56.6 Å². The number of sulfonamides is 1. The molecule has 0 bridgehead atoms. The first-order chi connectivity index (χ1) is 22.0. The zero-order chi connectivity index (χ0) is 32.7. The molecule has 11 heteroatoms. The van der Waals surface area contributed by atoms with Crippen molar-refractivity contribution in [3.63, 3.8) is 0 Å². The first kappa shape index (κ1) is 33.6. The van der Waals surface area contributed by atoms with Gasteiger partial charge in [0.25, 0.3) is 10.0 Å². The maximum absolute atomic E-state index is 12.7. The van der Waals surface area contributed by atoms with Gasteiger partial charge in [0, 0.05) is 74.1 Å². The Morgan fingerprint density at radius 1 is 0.957 bits per heavy atom. The highest BCUT2D eigenvalue weighted by atomic mass is 32.2. The molecule has 0 spiro atoms. The van der Waals surface area contributed by atoms with Crippen LogP contribution in [-0.2, 0) is 21.3 Å². The Morgan fingerprint density at radius 2 is 1.72 bits per heavy atom. The summed E-state index contributed by atoms with van der Waals surface area (Å²) in [5.41, 5.74) is 2.30. The van der Waals surface area contributed by atoms with Crippen molar-refractivity contribution in [3.05, 3.63) is 96.2 Å². The fourth-order valence-corrected chi connectivity index (χ4v) is 6.62. The SMILES string of the molecule is CN1CCN(CCOC(=O)c2ccc3c(ccn3CCC(C)(C)NC[C@H](O)c3cccc(NS(=O)(=O)c4ccccc4)c3)c2)CC1. The van der Waals surface area contributed by atoms with Gasteiger partial charge in [-0.05, 0) is 81.4 Å². The lowest BCUT2D eigenvalue weighted by Crippen LogP contribution is -2.45. The molecule has 1 aromatic heterocycles. The van der Waals surface area contributed by atoms with Crippen molar-refractivity contribution in [3.8, 4) is 0 Å². The summed E-state index contributed by atoms with van der Waals surface area (Å²) in [6.45, 7) is 10.4. The standard InChI is InChI=1S/C35H45N5O5S/c1-35(2,36-26-33(41)28-8-7-9-30(25-28)37-46(43,44)31-10-5-4-6-11-31)15-17-40-16-14-27-24-29(12-13-32(27)40)34(42)45-23-22-39-20-18-38(3)19-21-39/h4-14,16,24-25,33,36-37,41H,15,17-23,26H2,1-3H3/t33-/m0/s1. The van der Waals surface area contributed by atoms with E-state index in [2.05, 4.69) is 45.3 Å². The Morgan fingerprint density at radius 3 is 2.48 bits per heavy atom. The number of carbonyl (C=O) groups is 1. The number of nitrogens with one attached hydrogen (secondary N) is 2. The van der Waals surface area contributed by atoms with Crippen LogP contribution in [0.2, 0.25) is 0 Å². The van der Waals surface area contributed by atoms with Gasteiger partial charge in [-0.25, -0.2) is 13.2 Å². The number of β-amino-alcohol motifs (C(OH)–C–C–N with tert-alkyl or cyclic N) is 1. The number of piperazine rings is 1. The zero-order valence-electron chi connectivity index (χ0n) is 26.9. The van der Waals surface area contributed by atoms with Crippen molar-refractivity contribution in [1.29, 1.82) is 0 Å². The Balaban J connectivity index is 1.10. The van der Waals surface area contributed by atoms with E-state index >= 15 is 0 Å². The molecule has 0 saturated carbocycles. The molecule has 1 atom stereocenters. The Labute approximate surface area is 272 Å². The van der Waals surface area contributed by atoms with Crippen LogP contribution in [0.25, 0.3) is 10.9 Å². The third kappa shape index (κ3) is 8.95. The van der Waals surface area contributed by atoms with Gasteiger partial charge in [-0.1, -0.05) is 30.3 Å². The number of aryl methyl sites for hydroxylation is 1. The monoisotopic (exact) mass is 647 g/mol. The van der Waals surface area contributed by atoms with Gasteiger partial charge >= 0.3 is 5.97 Å². The minimum Gasteiger partial charge on any atom is -0.461 e. The van der Waals surface area contributed by atoms with E-state index in [0.29, 0.717) is 30.0 Å². The van der Waals surface area contributed by atoms with Crippen LogP contribution in [-0.4, -0.2) is 92.3 Å². The number of likely N-dealkylation sites (N-methyl/N-ethyl adjacent to an activating group) is 1. The number of esters is 1. The van der Waals surface area contributed by atoms with Crippen LogP contribution in [0.4, 0.5) is 5.69 Å². The van der Waals surface area contributed by atoms with Crippen molar-refractivity contribution < 1.29 is 23.1 Å². The van der Waals surface area contributed by atoms with E-state index in [4.69, 9.17) is 4.74 Å². The Hall–Kier alpha value is -3.74. The number of aliphatic hydroxyl groups excluding tert-OH is 1. The molecule has 1 saturated heterocycles. The van der Waals surface area contributed by atoms with Crippen LogP contribution in [0.15, 0.2) is 90.0 Å². The molecule has 0 unspecified atom stereocenters. The number of ether oxygens (including phenoxy) is 1. The zero-order valence-corrected chi connectivity index (χ0v) is 27.7. The predicted octanol–water partition coefficient (Wildman–Crippen LogP) is 4.34. The topological polar surface area (TPSA) is 116 Å². The van der Waals surface area contributed by atoms with Gasteiger partial charge in [0.1, 0.15) is 6.61 Å². The number of hydrogen-bond acceptors (Lipinski definition) is 8. The van der Waals surface area contributed by atoms with E-state index in [-0.39, 0.29) is 16.4 Å². The van der Waals surface area contributed by atoms with Crippen LogP contribution in [0.1, 0.15) is 42.3 Å². The van der Waals surface area contributed by atoms with Crippen molar-refractivity contribution in [2.45, 2.75) is 43.4 Å². The number of anilines is 1. The van der Waals surface area contributed by atoms with E-state index < -0.39 is 16.1 Å². The van der Waals surface area contributed by atoms with Gasteiger partial charge < -0.3 is 24.6 Å². The first-order valence-electron chi connectivity index (χ1n) is 15.8. The molecule has 3 aromatic carbocycles. The maximum Gasteiger partial charge on any atom is 0.338 e. The second-order valence-electron chi connectivity index (χ2n) is 12.6. The summed E-state index contributed by atoms with van der Waals surface area (Å²) >= 11 is 0. The van der Waals surface area contributed by atoms with Crippen molar-refractivity contribution >= 4 is 32.6 Å². The molecule has 2 heterocycles. The van der Waals surface area contributed by atoms with Crippen LogP contribution in [0.3, 0.4) is 0 Å². The number of benzene rings is 3. The largest absolute Gasteiger partial charge is 0.461 e. The lowest BCUT2D eigenvalue weighted by Gasteiger charge is -2.32. The second kappa shape index (κ2) is 14.8. The maximum atomic E-state index is 12.7. The molecule has 1 aliphatic heterocycles. The van der Waals surface area contributed by atoms with Gasteiger partial charge in [-0.3, -0.25) is 9.62 Å². The van der Waals surface area contributed by atoms with Gasteiger partial charge in [0.2, 0.25) is 0 Å². The van der Waals surface area contributed by atoms with Gasteiger partial charge in [-0.2, -0.15) is 0 Å². The molecule has 246 valence electrons. The summed E-state index contributed by atoms with van der Waals surface area (Å²) in [6.07, 6.45) is 1.99. The van der Waals surface area contributed by atoms with E-state index in [9.17, 15) is 18.3 Å². The summed E-state index contributed by atoms with van der Waals surface area (Å²) in [6, 6.07) is 22.7. The van der Waals surface area contributed by atoms with E-state index in [1.165, 1.54) is 12.1 Å². The number of aliphatic hydroxyl groups is 1. The molecule has 0 amide bonds. The van der Waals surface area contributed by atoms with Crippen LogP contribution in [0.5, 0.6) is 0 Å². The minimum atomic E-state index is -3.73. The summed E-state index contributed by atoms with van der Waals surface area (Å²) in [4.78, 5) is 17.5. The summed E-state index contributed by atoms with van der Waals surface area (Å²) in [7, 11) is -1.60. The molecule has 5 rings (SSSR count). The highest BCUT2D eigenvalue weighted by molar-refractivity contribution is 7.92. The molecule has 1 fully saturated rings. The number of rotatable bonds is 14. The minimum absolute atomic E-state index is 0.176. The first-order valence-corrected chi connectivity index (χ1v) is 17.3. The average Bonchev–Trinajstić information content (AvgIpc) is 3.46.